The quantitative estimate of drug-likeness (QED) is 0.659. The molecule has 1 heterocycles. The molecule has 2 nitrogen and oxygen atoms in total. The maximum atomic E-state index is 5.23. The summed E-state index contributed by atoms with van der Waals surface area (Å²) in [5.74, 6) is 0.893. The van der Waals surface area contributed by atoms with Gasteiger partial charge in [0, 0.05) is 30.0 Å². The highest BCUT2D eigenvalue weighted by molar-refractivity contribution is 5.78. The topological polar surface area (TPSA) is 13.1 Å². The molecule has 1 aromatic heterocycles. The lowest BCUT2D eigenvalue weighted by atomic mass is 10.1. The minimum absolute atomic E-state index is 0.279. The second-order valence-corrected chi connectivity index (χ2v) is 5.37. The minimum atomic E-state index is 0.279. The van der Waals surface area contributed by atoms with Gasteiger partial charge >= 0.3 is 0 Å². The van der Waals surface area contributed by atoms with Crippen molar-refractivity contribution >= 4 is 10.9 Å². The maximum absolute atomic E-state index is 5.23. The van der Waals surface area contributed by atoms with E-state index < -0.39 is 0 Å². The summed E-state index contributed by atoms with van der Waals surface area (Å²) in [4.78, 5) is 0. The molecule has 0 amide bonds. The Labute approximate surface area is 125 Å². The summed E-state index contributed by atoms with van der Waals surface area (Å²) < 4.78 is 7.56. The number of nitrogens with zero attached hydrogens (tertiary/aromatic N) is 1. The first kappa shape index (κ1) is 13.6. The van der Waals surface area contributed by atoms with E-state index in [1.54, 1.807) is 7.11 Å². The summed E-state index contributed by atoms with van der Waals surface area (Å²) >= 11 is 0. The number of hydrogen-bond donors (Lipinski definition) is 0. The Bertz CT molecular complexity index is 762. The lowest BCUT2D eigenvalue weighted by Crippen LogP contribution is -2.38. The Hall–Kier alpha value is -2.35. The van der Waals surface area contributed by atoms with Crippen LogP contribution in [0.2, 0.25) is 0 Å². The predicted molar refractivity (Wildman–Crippen MR) is 85.7 cm³/mol. The summed E-state index contributed by atoms with van der Waals surface area (Å²) in [5.41, 5.74) is 3.85. The molecule has 2 aromatic carbocycles. The molecule has 1 unspecified atom stereocenters. The van der Waals surface area contributed by atoms with Gasteiger partial charge in [-0.05, 0) is 42.8 Å². The number of aromatic nitrogens is 1. The Morgan fingerprint density at radius 2 is 1.67 bits per heavy atom. The van der Waals surface area contributed by atoms with Crippen LogP contribution in [0.5, 0.6) is 5.75 Å². The first-order valence-electron chi connectivity index (χ1n) is 7.24. The fourth-order valence-electron chi connectivity index (χ4n) is 2.78. The van der Waals surface area contributed by atoms with Crippen LogP contribution in [0.4, 0.5) is 0 Å². The molecule has 106 valence electrons. The molecule has 0 saturated heterocycles. The second kappa shape index (κ2) is 5.57. The van der Waals surface area contributed by atoms with E-state index in [4.69, 9.17) is 4.74 Å². The first-order chi connectivity index (χ1) is 10.2. The van der Waals surface area contributed by atoms with Gasteiger partial charge in [0.2, 0.25) is 5.52 Å². The van der Waals surface area contributed by atoms with Gasteiger partial charge in [-0.3, -0.25) is 0 Å². The van der Waals surface area contributed by atoms with E-state index in [1.807, 2.05) is 12.1 Å². The fourth-order valence-corrected chi connectivity index (χ4v) is 2.78. The third kappa shape index (κ3) is 2.49. The molecule has 0 fully saturated rings. The van der Waals surface area contributed by atoms with E-state index in [1.165, 1.54) is 22.0 Å². The van der Waals surface area contributed by atoms with Gasteiger partial charge in [-0.1, -0.05) is 12.1 Å². The zero-order valence-corrected chi connectivity index (χ0v) is 12.7. The molecule has 0 bridgehead atoms. The average Bonchev–Trinajstić information content (AvgIpc) is 2.55. The number of methoxy groups -OCH3 is 1. The standard InChI is InChI=1S/C19H20NO/c1-14-12-13-20(19-7-5-4-6-18(14)19)15(2)16-8-10-17(21-3)11-9-16/h4-13,15H,1-3H3/q+1. The largest absolute Gasteiger partial charge is 0.497 e. The zero-order valence-electron chi connectivity index (χ0n) is 12.7. The third-order valence-corrected chi connectivity index (χ3v) is 4.11. The van der Waals surface area contributed by atoms with Crippen LogP contribution in [0.3, 0.4) is 0 Å². The van der Waals surface area contributed by atoms with E-state index in [0.717, 1.165) is 5.75 Å². The summed E-state index contributed by atoms with van der Waals surface area (Å²) in [6.45, 7) is 4.38. The summed E-state index contributed by atoms with van der Waals surface area (Å²) in [6.07, 6.45) is 2.17. The number of para-hydroxylation sites is 1. The molecule has 0 aliphatic heterocycles. The van der Waals surface area contributed by atoms with Gasteiger partial charge in [-0.25, -0.2) is 0 Å². The summed E-state index contributed by atoms with van der Waals surface area (Å²) in [7, 11) is 1.70. The highest BCUT2D eigenvalue weighted by Crippen LogP contribution is 2.20. The fraction of sp³-hybridized carbons (Fsp3) is 0.211. The van der Waals surface area contributed by atoms with E-state index in [9.17, 15) is 0 Å². The second-order valence-electron chi connectivity index (χ2n) is 5.37. The van der Waals surface area contributed by atoms with E-state index in [-0.39, 0.29) is 6.04 Å². The lowest BCUT2D eigenvalue weighted by molar-refractivity contribution is -0.685. The average molecular weight is 278 g/mol. The van der Waals surface area contributed by atoms with Crippen molar-refractivity contribution in [3.63, 3.8) is 0 Å². The van der Waals surface area contributed by atoms with Crippen molar-refractivity contribution in [3.8, 4) is 5.75 Å². The van der Waals surface area contributed by atoms with Gasteiger partial charge in [-0.15, -0.1) is 0 Å². The van der Waals surface area contributed by atoms with Crippen molar-refractivity contribution in [3.05, 3.63) is 71.9 Å². The van der Waals surface area contributed by atoms with Gasteiger partial charge in [0.15, 0.2) is 12.2 Å². The van der Waals surface area contributed by atoms with Crippen LogP contribution in [0.25, 0.3) is 10.9 Å². The predicted octanol–water partition coefficient (Wildman–Crippen LogP) is 4.05. The molecule has 3 rings (SSSR count). The molecule has 0 saturated carbocycles. The maximum Gasteiger partial charge on any atom is 0.213 e. The lowest BCUT2D eigenvalue weighted by Gasteiger charge is -2.11. The summed E-state index contributed by atoms with van der Waals surface area (Å²) in [6, 6.07) is 19.3. The molecular formula is C19H20NO+. The van der Waals surface area contributed by atoms with Crippen molar-refractivity contribution in [1.82, 2.24) is 0 Å². The normalized spacial score (nSPS) is 12.3. The molecular weight excluding hydrogens is 258 g/mol. The Balaban J connectivity index is 2.08. The first-order valence-corrected chi connectivity index (χ1v) is 7.24. The van der Waals surface area contributed by atoms with Crippen LogP contribution >= 0.6 is 0 Å². The Morgan fingerprint density at radius 1 is 0.952 bits per heavy atom. The smallest absolute Gasteiger partial charge is 0.213 e. The minimum Gasteiger partial charge on any atom is -0.497 e. The third-order valence-electron chi connectivity index (χ3n) is 4.11. The number of rotatable bonds is 3. The summed E-state index contributed by atoms with van der Waals surface area (Å²) in [5, 5.41) is 1.31. The van der Waals surface area contributed by atoms with Crippen LogP contribution in [-0.2, 0) is 0 Å². The Morgan fingerprint density at radius 3 is 2.38 bits per heavy atom. The van der Waals surface area contributed by atoms with E-state index in [0.29, 0.717) is 0 Å². The van der Waals surface area contributed by atoms with Crippen LogP contribution in [-0.4, -0.2) is 7.11 Å². The Kier molecular flexibility index (Phi) is 3.61. The molecule has 0 aliphatic carbocycles. The van der Waals surface area contributed by atoms with Gasteiger partial charge in [-0.2, -0.15) is 4.57 Å². The van der Waals surface area contributed by atoms with Crippen LogP contribution in [0, 0.1) is 6.92 Å². The van der Waals surface area contributed by atoms with E-state index >= 15 is 0 Å². The van der Waals surface area contributed by atoms with Crippen molar-refractivity contribution in [2.75, 3.05) is 7.11 Å². The molecule has 1 atom stereocenters. The van der Waals surface area contributed by atoms with Gasteiger partial charge in [0.05, 0.1) is 7.11 Å². The van der Waals surface area contributed by atoms with E-state index in [2.05, 4.69) is 67.1 Å². The monoisotopic (exact) mass is 278 g/mol. The number of pyridine rings is 1. The zero-order chi connectivity index (χ0) is 14.8. The SMILES string of the molecule is COc1ccc(C(C)[n+]2ccc(C)c3ccccc32)cc1. The number of ether oxygens (including phenoxy) is 1. The van der Waals surface area contributed by atoms with Crippen molar-refractivity contribution < 1.29 is 9.30 Å². The van der Waals surface area contributed by atoms with Crippen LogP contribution in [0.15, 0.2) is 60.8 Å². The van der Waals surface area contributed by atoms with Crippen LogP contribution < -0.4 is 9.30 Å². The van der Waals surface area contributed by atoms with Crippen LogP contribution in [0.1, 0.15) is 24.1 Å². The molecule has 2 heteroatoms. The van der Waals surface area contributed by atoms with Gasteiger partial charge in [0.25, 0.3) is 0 Å². The molecule has 0 radical (unpaired) electrons. The number of benzene rings is 2. The van der Waals surface area contributed by atoms with Gasteiger partial charge < -0.3 is 4.74 Å². The van der Waals surface area contributed by atoms with Crippen molar-refractivity contribution in [2.24, 2.45) is 0 Å². The molecule has 0 spiro atoms. The molecule has 3 aromatic rings. The number of aryl methyl sites for hydroxylation is 1. The molecule has 0 N–H and O–H groups in total. The molecule has 21 heavy (non-hydrogen) atoms. The highest BCUT2D eigenvalue weighted by atomic mass is 16.5. The van der Waals surface area contributed by atoms with Gasteiger partial charge in [0.1, 0.15) is 5.75 Å². The molecule has 0 aliphatic rings. The van der Waals surface area contributed by atoms with Crippen molar-refractivity contribution in [1.29, 1.82) is 0 Å². The van der Waals surface area contributed by atoms with Crippen molar-refractivity contribution in [2.45, 2.75) is 19.9 Å². The number of hydrogen-bond acceptors (Lipinski definition) is 1. The highest BCUT2D eigenvalue weighted by Gasteiger charge is 2.19. The number of fused-ring (bicyclic) bond motifs is 1.